The molecule has 5 heteroatoms. The highest BCUT2D eigenvalue weighted by Crippen LogP contribution is 2.23. The summed E-state index contributed by atoms with van der Waals surface area (Å²) in [6, 6.07) is 19.8. The number of hydrogen-bond donors (Lipinski definition) is 1. The highest BCUT2D eigenvalue weighted by atomic mass is 16.1. The molecule has 0 aliphatic carbocycles. The molecule has 0 saturated carbocycles. The van der Waals surface area contributed by atoms with E-state index in [9.17, 15) is 4.79 Å². The van der Waals surface area contributed by atoms with Crippen molar-refractivity contribution in [2.75, 3.05) is 23.3 Å². The highest BCUT2D eigenvalue weighted by molar-refractivity contribution is 5.93. The predicted molar refractivity (Wildman–Crippen MR) is 122 cm³/mol. The Labute approximate surface area is 178 Å². The Hall–Kier alpha value is -3.21. The summed E-state index contributed by atoms with van der Waals surface area (Å²) in [6.07, 6.45) is 5.39. The van der Waals surface area contributed by atoms with Crippen LogP contribution in [0.5, 0.6) is 0 Å². The lowest BCUT2D eigenvalue weighted by Crippen LogP contribution is -2.25. The molecule has 0 bridgehead atoms. The van der Waals surface area contributed by atoms with Gasteiger partial charge in [0.1, 0.15) is 0 Å². The largest absolute Gasteiger partial charge is 0.355 e. The van der Waals surface area contributed by atoms with Crippen LogP contribution in [0, 0.1) is 6.92 Å². The van der Waals surface area contributed by atoms with Gasteiger partial charge in [-0.3, -0.25) is 4.79 Å². The normalized spacial score (nSPS) is 14.2. The zero-order valence-electron chi connectivity index (χ0n) is 17.5. The van der Waals surface area contributed by atoms with Gasteiger partial charge in [-0.25, -0.2) is 0 Å². The van der Waals surface area contributed by atoms with Crippen molar-refractivity contribution in [3.63, 3.8) is 0 Å². The van der Waals surface area contributed by atoms with E-state index < -0.39 is 0 Å². The van der Waals surface area contributed by atoms with Gasteiger partial charge in [0.2, 0.25) is 5.91 Å². The molecule has 1 fully saturated rings. The second-order valence-corrected chi connectivity index (χ2v) is 7.91. The maximum atomic E-state index is 12.5. The van der Waals surface area contributed by atoms with Gasteiger partial charge in [-0.1, -0.05) is 49.2 Å². The predicted octanol–water partition coefficient (Wildman–Crippen LogP) is 5.01. The molecule has 0 radical (unpaired) electrons. The molecule has 0 unspecified atom stereocenters. The molecule has 0 spiro atoms. The van der Waals surface area contributed by atoms with Crippen LogP contribution in [0.2, 0.25) is 0 Å². The summed E-state index contributed by atoms with van der Waals surface area (Å²) < 4.78 is 0. The number of nitrogens with one attached hydrogen (secondary N) is 1. The molecule has 0 atom stereocenters. The van der Waals surface area contributed by atoms with Crippen molar-refractivity contribution in [1.29, 1.82) is 0 Å². The third-order valence-electron chi connectivity index (χ3n) is 5.63. The minimum atomic E-state index is -0.0240. The Bertz CT molecular complexity index is 992. The molecule has 2 heterocycles. The lowest BCUT2D eigenvalue weighted by Gasteiger charge is -2.20. The van der Waals surface area contributed by atoms with Crippen LogP contribution in [0.1, 0.15) is 36.8 Å². The Balaban J connectivity index is 1.44. The van der Waals surface area contributed by atoms with Crippen molar-refractivity contribution in [3.8, 4) is 11.3 Å². The Kier molecular flexibility index (Phi) is 6.38. The van der Waals surface area contributed by atoms with Gasteiger partial charge in [-0.2, -0.15) is 0 Å². The van der Waals surface area contributed by atoms with Gasteiger partial charge in [-0.05, 0) is 55.2 Å². The summed E-state index contributed by atoms with van der Waals surface area (Å²) in [7, 11) is 0. The van der Waals surface area contributed by atoms with E-state index in [0.29, 0.717) is 6.42 Å². The van der Waals surface area contributed by atoms with E-state index >= 15 is 0 Å². The number of anilines is 2. The van der Waals surface area contributed by atoms with Crippen molar-refractivity contribution >= 4 is 17.4 Å². The average molecular weight is 401 g/mol. The van der Waals surface area contributed by atoms with E-state index in [2.05, 4.69) is 26.5 Å². The Morgan fingerprint density at radius 1 is 0.933 bits per heavy atom. The molecule has 1 aliphatic heterocycles. The summed E-state index contributed by atoms with van der Waals surface area (Å²) in [4.78, 5) is 14.8. The first-order chi connectivity index (χ1) is 14.7. The maximum absolute atomic E-state index is 12.5. The van der Waals surface area contributed by atoms with Crippen LogP contribution in [0.3, 0.4) is 0 Å². The monoisotopic (exact) mass is 400 g/mol. The van der Waals surface area contributed by atoms with Crippen LogP contribution in [0.15, 0.2) is 60.7 Å². The molecular weight excluding hydrogens is 372 g/mol. The van der Waals surface area contributed by atoms with Crippen LogP contribution < -0.4 is 10.2 Å². The van der Waals surface area contributed by atoms with Crippen molar-refractivity contribution in [2.45, 2.75) is 39.0 Å². The molecular formula is C25H28N4O. The molecule has 1 saturated heterocycles. The number of aromatic nitrogens is 2. The lowest BCUT2D eigenvalue weighted by atomic mass is 10.1. The summed E-state index contributed by atoms with van der Waals surface area (Å²) >= 11 is 0. The second kappa shape index (κ2) is 9.53. The van der Waals surface area contributed by atoms with Gasteiger partial charge in [-0.15, -0.1) is 10.2 Å². The number of hydrogen-bond acceptors (Lipinski definition) is 4. The zero-order valence-corrected chi connectivity index (χ0v) is 17.5. The van der Waals surface area contributed by atoms with Gasteiger partial charge in [0, 0.05) is 24.3 Å². The Morgan fingerprint density at radius 3 is 2.47 bits per heavy atom. The SMILES string of the molecule is Cc1ccccc1CC(=O)Nc1cccc(-c2ccc(N3CCCCCC3)nn2)c1. The molecule has 2 aromatic carbocycles. The van der Waals surface area contributed by atoms with E-state index in [4.69, 9.17) is 0 Å². The van der Waals surface area contributed by atoms with E-state index in [1.54, 1.807) is 0 Å². The summed E-state index contributed by atoms with van der Waals surface area (Å²) in [5, 5.41) is 11.9. The number of benzene rings is 2. The van der Waals surface area contributed by atoms with Gasteiger partial charge < -0.3 is 10.2 Å². The zero-order chi connectivity index (χ0) is 20.8. The number of aryl methyl sites for hydroxylation is 1. The quantitative estimate of drug-likeness (QED) is 0.654. The van der Waals surface area contributed by atoms with Gasteiger partial charge in [0.05, 0.1) is 12.1 Å². The van der Waals surface area contributed by atoms with E-state index in [0.717, 1.165) is 47.0 Å². The molecule has 154 valence electrons. The summed E-state index contributed by atoms with van der Waals surface area (Å²) in [5.74, 6) is 0.924. The fraction of sp³-hybridized carbons (Fsp3) is 0.320. The minimum absolute atomic E-state index is 0.0240. The molecule has 3 aromatic rings. The van der Waals surface area contributed by atoms with Crippen LogP contribution >= 0.6 is 0 Å². The number of carbonyl (C=O) groups excluding carboxylic acids is 1. The van der Waals surface area contributed by atoms with Crippen molar-refractivity contribution < 1.29 is 4.79 Å². The van der Waals surface area contributed by atoms with Gasteiger partial charge in [0.25, 0.3) is 0 Å². The molecule has 30 heavy (non-hydrogen) atoms. The minimum Gasteiger partial charge on any atom is -0.355 e. The molecule has 1 aromatic heterocycles. The van der Waals surface area contributed by atoms with E-state index in [1.165, 1.54) is 25.7 Å². The number of amides is 1. The van der Waals surface area contributed by atoms with Crippen molar-refractivity contribution in [2.24, 2.45) is 0 Å². The summed E-state index contributed by atoms with van der Waals surface area (Å²) in [5.41, 5.74) is 4.69. The fourth-order valence-electron chi connectivity index (χ4n) is 3.89. The molecule has 5 nitrogen and oxygen atoms in total. The first-order valence-corrected chi connectivity index (χ1v) is 10.7. The van der Waals surface area contributed by atoms with Crippen molar-refractivity contribution in [3.05, 3.63) is 71.8 Å². The summed E-state index contributed by atoms with van der Waals surface area (Å²) in [6.45, 7) is 4.13. The van der Waals surface area contributed by atoms with E-state index in [1.807, 2.05) is 61.5 Å². The molecule has 4 rings (SSSR count). The van der Waals surface area contributed by atoms with Crippen LogP contribution in [-0.2, 0) is 11.2 Å². The number of carbonyl (C=O) groups is 1. The number of nitrogens with zero attached hydrogens (tertiary/aromatic N) is 3. The first-order valence-electron chi connectivity index (χ1n) is 10.7. The third-order valence-corrected chi connectivity index (χ3v) is 5.63. The smallest absolute Gasteiger partial charge is 0.228 e. The van der Waals surface area contributed by atoms with Crippen LogP contribution in [0.25, 0.3) is 11.3 Å². The second-order valence-electron chi connectivity index (χ2n) is 7.91. The molecule has 1 amide bonds. The molecule has 1 aliphatic rings. The topological polar surface area (TPSA) is 58.1 Å². The van der Waals surface area contributed by atoms with Crippen molar-refractivity contribution in [1.82, 2.24) is 10.2 Å². The fourth-order valence-corrected chi connectivity index (χ4v) is 3.89. The average Bonchev–Trinajstić information content (AvgIpc) is 3.05. The lowest BCUT2D eigenvalue weighted by molar-refractivity contribution is -0.115. The number of rotatable bonds is 5. The van der Waals surface area contributed by atoms with Gasteiger partial charge >= 0.3 is 0 Å². The standard InChI is InChI=1S/C25H28N4O/c1-19-9-4-5-10-20(19)18-25(30)26-22-12-8-11-21(17-22)23-13-14-24(28-27-23)29-15-6-2-3-7-16-29/h4-5,8-14,17H,2-3,6-7,15-16,18H2,1H3,(H,26,30). The Morgan fingerprint density at radius 2 is 1.73 bits per heavy atom. The molecule has 1 N–H and O–H groups in total. The van der Waals surface area contributed by atoms with Crippen LogP contribution in [-0.4, -0.2) is 29.2 Å². The van der Waals surface area contributed by atoms with Gasteiger partial charge in [0.15, 0.2) is 5.82 Å². The third kappa shape index (κ3) is 5.03. The van der Waals surface area contributed by atoms with Crippen LogP contribution in [0.4, 0.5) is 11.5 Å². The van der Waals surface area contributed by atoms with E-state index in [-0.39, 0.29) is 5.91 Å². The highest BCUT2D eigenvalue weighted by Gasteiger charge is 2.12. The maximum Gasteiger partial charge on any atom is 0.228 e. The first kappa shape index (κ1) is 20.1.